The van der Waals surface area contributed by atoms with Gasteiger partial charge in [-0.3, -0.25) is 0 Å². The average Bonchev–Trinajstić information content (AvgIpc) is 2.15. The molecule has 0 fully saturated rings. The Labute approximate surface area is 93.5 Å². The zero-order valence-electron chi connectivity index (χ0n) is 7.17. The molecule has 0 saturated carbocycles. The van der Waals surface area contributed by atoms with Gasteiger partial charge in [0.05, 0.1) is 17.9 Å². The molecule has 0 atom stereocenters. The zero-order valence-corrected chi connectivity index (χ0v) is 9.33. The van der Waals surface area contributed by atoms with Crippen LogP contribution in [0.15, 0.2) is 6.07 Å². The number of aliphatic hydroxyl groups is 1. The molecule has 1 aromatic rings. The number of nitrogens with two attached hydrogens (primary N) is 1. The van der Waals surface area contributed by atoms with E-state index in [0.29, 0.717) is 5.69 Å². The summed E-state index contributed by atoms with van der Waals surface area (Å²) in [6.07, 6.45) is -2.62. The Morgan fingerprint density at radius 3 is 2.64 bits per heavy atom. The van der Waals surface area contributed by atoms with E-state index in [1.807, 2.05) is 0 Å². The third-order valence-electron chi connectivity index (χ3n) is 1.75. The number of nitrogens with zero attached hydrogens (tertiary/aromatic N) is 1. The Hall–Kier alpha value is -0.340. The van der Waals surface area contributed by atoms with Crippen molar-refractivity contribution in [3.63, 3.8) is 0 Å². The van der Waals surface area contributed by atoms with Crippen molar-refractivity contribution in [1.82, 2.24) is 4.98 Å². The summed E-state index contributed by atoms with van der Waals surface area (Å²) in [6.45, 7) is -0.252. The molecule has 0 aliphatic rings. The number of aromatic nitrogens is 1. The van der Waals surface area contributed by atoms with E-state index < -0.39 is 13.0 Å². The molecule has 0 saturated heterocycles. The Kier molecular flexibility index (Phi) is 4.14. The number of hydrogen-bond acceptors (Lipinski definition) is 3. The molecule has 3 N–H and O–H groups in total. The van der Waals surface area contributed by atoms with Gasteiger partial charge in [0.2, 0.25) is 0 Å². The number of halogens is 3. The first kappa shape index (κ1) is 11.7. The first-order chi connectivity index (χ1) is 6.60. The van der Waals surface area contributed by atoms with Crippen LogP contribution in [-0.4, -0.2) is 10.1 Å². The average molecular weight is 314 g/mol. The third kappa shape index (κ3) is 2.37. The maximum atomic E-state index is 12.5. The highest BCUT2D eigenvalue weighted by molar-refractivity contribution is 14.1. The SMILES string of the molecule is NCc1cc(CO)c(C(F)F)c(I)n1. The molecule has 14 heavy (non-hydrogen) atoms. The summed E-state index contributed by atoms with van der Waals surface area (Å²) in [5, 5.41) is 8.91. The maximum absolute atomic E-state index is 12.5. The molecule has 1 rings (SSSR count). The maximum Gasteiger partial charge on any atom is 0.266 e. The second-order valence-electron chi connectivity index (χ2n) is 2.64. The molecule has 78 valence electrons. The van der Waals surface area contributed by atoms with Crippen LogP contribution in [0.5, 0.6) is 0 Å². The van der Waals surface area contributed by atoms with Crippen molar-refractivity contribution in [2.24, 2.45) is 5.73 Å². The number of hydrogen-bond donors (Lipinski definition) is 2. The second-order valence-corrected chi connectivity index (χ2v) is 3.66. The van der Waals surface area contributed by atoms with Crippen LogP contribution >= 0.6 is 22.6 Å². The van der Waals surface area contributed by atoms with Crippen LogP contribution in [-0.2, 0) is 13.2 Å². The monoisotopic (exact) mass is 314 g/mol. The van der Waals surface area contributed by atoms with Crippen molar-refractivity contribution in [1.29, 1.82) is 0 Å². The van der Waals surface area contributed by atoms with Gasteiger partial charge in [0.25, 0.3) is 6.43 Å². The summed E-state index contributed by atoms with van der Waals surface area (Å²) in [7, 11) is 0. The topological polar surface area (TPSA) is 59.1 Å². The van der Waals surface area contributed by atoms with E-state index in [1.54, 1.807) is 22.6 Å². The van der Waals surface area contributed by atoms with Gasteiger partial charge in [0, 0.05) is 6.54 Å². The Bertz CT molecular complexity index is 333. The van der Waals surface area contributed by atoms with Crippen LogP contribution in [0, 0.1) is 3.70 Å². The molecule has 0 aliphatic carbocycles. The Morgan fingerprint density at radius 1 is 1.57 bits per heavy atom. The van der Waals surface area contributed by atoms with Crippen molar-refractivity contribution in [2.75, 3.05) is 0 Å². The summed E-state index contributed by atoms with van der Waals surface area (Å²) in [5.41, 5.74) is 5.83. The molecular formula is C8H9F2IN2O. The number of aliphatic hydroxyl groups excluding tert-OH is 1. The van der Waals surface area contributed by atoms with Gasteiger partial charge >= 0.3 is 0 Å². The van der Waals surface area contributed by atoms with Gasteiger partial charge < -0.3 is 10.8 Å². The predicted molar refractivity (Wildman–Crippen MR) is 55.7 cm³/mol. The lowest BCUT2D eigenvalue weighted by Gasteiger charge is -2.10. The quantitative estimate of drug-likeness (QED) is 0.658. The smallest absolute Gasteiger partial charge is 0.266 e. The molecule has 0 aliphatic heterocycles. The van der Waals surface area contributed by atoms with Crippen LogP contribution in [0.3, 0.4) is 0 Å². The Morgan fingerprint density at radius 2 is 2.21 bits per heavy atom. The summed E-state index contributed by atoms with van der Waals surface area (Å²) in [4.78, 5) is 3.89. The molecule has 0 spiro atoms. The zero-order chi connectivity index (χ0) is 10.7. The predicted octanol–water partition coefficient (Wildman–Crippen LogP) is 1.57. The lowest BCUT2D eigenvalue weighted by molar-refractivity contribution is 0.145. The minimum absolute atomic E-state index is 0.173. The van der Waals surface area contributed by atoms with Crippen LogP contribution in [0.4, 0.5) is 8.78 Å². The molecule has 0 amide bonds. The molecular weight excluding hydrogens is 305 g/mol. The number of pyridine rings is 1. The van der Waals surface area contributed by atoms with Gasteiger partial charge in [0.15, 0.2) is 0 Å². The summed E-state index contributed by atoms with van der Waals surface area (Å²) < 4.78 is 25.2. The first-order valence-corrected chi connectivity index (χ1v) is 4.95. The normalized spacial score (nSPS) is 11.0. The number of alkyl halides is 2. The van der Waals surface area contributed by atoms with E-state index in [-0.39, 0.29) is 21.4 Å². The van der Waals surface area contributed by atoms with Crippen molar-refractivity contribution in [3.05, 3.63) is 26.6 Å². The molecule has 0 unspecified atom stereocenters. The van der Waals surface area contributed by atoms with Crippen molar-refractivity contribution in [2.45, 2.75) is 19.6 Å². The molecule has 0 bridgehead atoms. The Balaban J connectivity index is 3.27. The van der Waals surface area contributed by atoms with Gasteiger partial charge in [-0.05, 0) is 34.2 Å². The summed E-state index contributed by atoms with van der Waals surface area (Å²) >= 11 is 1.72. The minimum atomic E-state index is -2.62. The summed E-state index contributed by atoms with van der Waals surface area (Å²) in [5.74, 6) is 0. The van der Waals surface area contributed by atoms with Gasteiger partial charge in [0.1, 0.15) is 3.70 Å². The highest BCUT2D eigenvalue weighted by atomic mass is 127. The van der Waals surface area contributed by atoms with Crippen LogP contribution in [0.2, 0.25) is 0 Å². The molecule has 6 heteroatoms. The summed E-state index contributed by atoms with van der Waals surface area (Å²) in [6, 6.07) is 1.41. The van der Waals surface area contributed by atoms with Crippen LogP contribution in [0.25, 0.3) is 0 Å². The first-order valence-electron chi connectivity index (χ1n) is 3.87. The van der Waals surface area contributed by atoms with Crippen molar-refractivity contribution in [3.8, 4) is 0 Å². The van der Waals surface area contributed by atoms with Crippen molar-refractivity contribution >= 4 is 22.6 Å². The van der Waals surface area contributed by atoms with Gasteiger partial charge in [-0.2, -0.15) is 0 Å². The molecule has 0 radical (unpaired) electrons. The number of rotatable bonds is 3. The largest absolute Gasteiger partial charge is 0.392 e. The lowest BCUT2D eigenvalue weighted by atomic mass is 10.1. The fourth-order valence-corrected chi connectivity index (χ4v) is 1.99. The van der Waals surface area contributed by atoms with Crippen molar-refractivity contribution < 1.29 is 13.9 Å². The highest BCUT2D eigenvalue weighted by Crippen LogP contribution is 2.27. The van der Waals surface area contributed by atoms with E-state index >= 15 is 0 Å². The van der Waals surface area contributed by atoms with Gasteiger partial charge in [-0.25, -0.2) is 13.8 Å². The standard InChI is InChI=1S/C8H9F2IN2O/c9-7(10)6-4(3-14)1-5(2-12)13-8(6)11/h1,7,14H,2-3,12H2. The molecule has 3 nitrogen and oxygen atoms in total. The third-order valence-corrected chi connectivity index (χ3v) is 2.57. The van der Waals surface area contributed by atoms with E-state index in [1.165, 1.54) is 6.07 Å². The molecule has 1 aromatic heterocycles. The van der Waals surface area contributed by atoms with E-state index in [2.05, 4.69) is 4.98 Å². The van der Waals surface area contributed by atoms with Gasteiger partial charge in [-0.1, -0.05) is 0 Å². The minimum Gasteiger partial charge on any atom is -0.392 e. The molecule has 1 heterocycles. The van der Waals surface area contributed by atoms with Gasteiger partial charge in [-0.15, -0.1) is 0 Å². The highest BCUT2D eigenvalue weighted by Gasteiger charge is 2.18. The van der Waals surface area contributed by atoms with E-state index in [0.717, 1.165) is 0 Å². The lowest BCUT2D eigenvalue weighted by Crippen LogP contribution is -2.07. The fourth-order valence-electron chi connectivity index (χ4n) is 1.10. The van der Waals surface area contributed by atoms with E-state index in [4.69, 9.17) is 10.8 Å². The second kappa shape index (κ2) is 4.94. The van der Waals surface area contributed by atoms with E-state index in [9.17, 15) is 8.78 Å². The molecule has 0 aromatic carbocycles. The van der Waals surface area contributed by atoms with Crippen LogP contribution < -0.4 is 5.73 Å². The fraction of sp³-hybridized carbons (Fsp3) is 0.375. The van der Waals surface area contributed by atoms with Crippen LogP contribution in [0.1, 0.15) is 23.2 Å².